The fourth-order valence-electron chi connectivity index (χ4n) is 2.00. The number of rotatable bonds is 6. The second-order valence-electron chi connectivity index (χ2n) is 5.40. The molecule has 0 bridgehead atoms. The van der Waals surface area contributed by atoms with Crippen LogP contribution in [0, 0.1) is 17.5 Å². The number of ether oxygens (including phenoxy) is 1. The van der Waals surface area contributed by atoms with E-state index < -0.39 is 41.1 Å². The summed E-state index contributed by atoms with van der Waals surface area (Å²) in [4.78, 5) is 24.8. The summed E-state index contributed by atoms with van der Waals surface area (Å²) < 4.78 is 44.5. The van der Waals surface area contributed by atoms with Crippen molar-refractivity contribution in [3.05, 3.63) is 65.5 Å². The minimum atomic E-state index is -1.70. The molecule has 0 heterocycles. The highest BCUT2D eigenvalue weighted by atomic mass is 32.2. The van der Waals surface area contributed by atoms with E-state index in [1.807, 2.05) is 35.8 Å². The maximum Gasteiger partial charge on any atom is 0.331 e. The Bertz CT molecular complexity index is 869. The number of esters is 1. The van der Waals surface area contributed by atoms with Gasteiger partial charge in [-0.05, 0) is 49.1 Å². The number of amides is 1. The van der Waals surface area contributed by atoms with Gasteiger partial charge < -0.3 is 10.1 Å². The average molecular weight is 395 g/mol. The second kappa shape index (κ2) is 9.27. The normalized spacial score (nSPS) is 12.0. The first-order valence-electron chi connectivity index (χ1n) is 7.79. The number of thioether (sulfide) groups is 1. The van der Waals surface area contributed by atoms with Crippen molar-refractivity contribution >= 4 is 35.4 Å². The van der Waals surface area contributed by atoms with E-state index in [9.17, 15) is 22.8 Å². The first kappa shape index (κ1) is 20.6. The zero-order valence-corrected chi connectivity index (χ0v) is 15.3. The summed E-state index contributed by atoms with van der Waals surface area (Å²) in [5.41, 5.74) is 0.219. The number of halogens is 3. The molecule has 0 saturated heterocycles. The summed E-state index contributed by atoms with van der Waals surface area (Å²) in [5, 5.41) is 2.05. The van der Waals surface area contributed by atoms with Crippen LogP contribution in [0.3, 0.4) is 0 Å². The van der Waals surface area contributed by atoms with Crippen LogP contribution in [-0.2, 0) is 14.3 Å². The van der Waals surface area contributed by atoms with Crippen molar-refractivity contribution in [2.45, 2.75) is 17.9 Å². The molecular weight excluding hydrogens is 379 g/mol. The van der Waals surface area contributed by atoms with Gasteiger partial charge in [0.1, 0.15) is 0 Å². The summed E-state index contributed by atoms with van der Waals surface area (Å²) >= 11 is 1.59. The number of hydrogen-bond acceptors (Lipinski definition) is 4. The molecule has 0 aliphatic carbocycles. The lowest BCUT2D eigenvalue weighted by Crippen LogP contribution is -2.29. The molecule has 0 fully saturated rings. The molecule has 2 aromatic carbocycles. The van der Waals surface area contributed by atoms with Crippen LogP contribution in [0.5, 0.6) is 0 Å². The van der Waals surface area contributed by atoms with E-state index in [-0.39, 0.29) is 0 Å². The van der Waals surface area contributed by atoms with E-state index in [1.165, 1.54) is 13.0 Å². The summed E-state index contributed by atoms with van der Waals surface area (Å²) in [6, 6.07) is 8.97. The molecule has 0 aliphatic heterocycles. The summed E-state index contributed by atoms with van der Waals surface area (Å²) in [7, 11) is 0. The Balaban J connectivity index is 1.94. The number of nitrogens with one attached hydrogen (secondary N) is 1. The monoisotopic (exact) mass is 395 g/mol. The van der Waals surface area contributed by atoms with E-state index in [2.05, 4.69) is 0 Å². The van der Waals surface area contributed by atoms with Crippen LogP contribution in [-0.4, -0.2) is 24.2 Å². The summed E-state index contributed by atoms with van der Waals surface area (Å²) in [5.74, 6) is -6.27. The third-order valence-corrected chi connectivity index (χ3v) is 4.23. The fraction of sp³-hybridized carbons (Fsp3) is 0.158. The standard InChI is InChI=1S/C19H16F3NO3S/c1-11(19(25)23-15-9-8-14(20)17(21)18(15)22)26-16(24)10-5-12-3-6-13(27-2)7-4-12/h3-11H,1-2H3,(H,23,25)/b10-5+/t11-/m0/s1. The highest BCUT2D eigenvalue weighted by molar-refractivity contribution is 7.98. The number of anilines is 1. The van der Waals surface area contributed by atoms with Crippen molar-refractivity contribution < 1.29 is 27.5 Å². The average Bonchev–Trinajstić information content (AvgIpc) is 2.67. The Morgan fingerprint density at radius 3 is 2.37 bits per heavy atom. The molecular formula is C19H16F3NO3S. The van der Waals surface area contributed by atoms with E-state index in [0.717, 1.165) is 22.6 Å². The van der Waals surface area contributed by atoms with Crippen LogP contribution < -0.4 is 5.32 Å². The molecule has 2 rings (SSSR count). The van der Waals surface area contributed by atoms with Crippen LogP contribution in [0.4, 0.5) is 18.9 Å². The molecule has 0 radical (unpaired) electrons. The largest absolute Gasteiger partial charge is 0.449 e. The van der Waals surface area contributed by atoms with Gasteiger partial charge in [0, 0.05) is 11.0 Å². The van der Waals surface area contributed by atoms with E-state index >= 15 is 0 Å². The van der Waals surface area contributed by atoms with Gasteiger partial charge in [0.05, 0.1) is 5.69 Å². The van der Waals surface area contributed by atoms with Crippen molar-refractivity contribution in [1.29, 1.82) is 0 Å². The lowest BCUT2D eigenvalue weighted by molar-refractivity contribution is -0.148. The van der Waals surface area contributed by atoms with Crippen molar-refractivity contribution in [1.82, 2.24) is 0 Å². The maximum absolute atomic E-state index is 13.6. The molecule has 4 nitrogen and oxygen atoms in total. The number of benzene rings is 2. The Labute approximate surface area is 158 Å². The van der Waals surface area contributed by atoms with Gasteiger partial charge in [-0.2, -0.15) is 0 Å². The third-order valence-electron chi connectivity index (χ3n) is 3.48. The van der Waals surface area contributed by atoms with Crippen molar-refractivity contribution in [2.24, 2.45) is 0 Å². The second-order valence-corrected chi connectivity index (χ2v) is 6.28. The number of carbonyl (C=O) groups is 2. The topological polar surface area (TPSA) is 55.4 Å². The van der Waals surface area contributed by atoms with Gasteiger partial charge in [0.25, 0.3) is 5.91 Å². The Hall–Kier alpha value is -2.74. The van der Waals surface area contributed by atoms with Gasteiger partial charge >= 0.3 is 5.97 Å². The maximum atomic E-state index is 13.6. The van der Waals surface area contributed by atoms with Crippen LogP contribution in [0.1, 0.15) is 12.5 Å². The van der Waals surface area contributed by atoms with Gasteiger partial charge in [0.15, 0.2) is 23.6 Å². The van der Waals surface area contributed by atoms with Gasteiger partial charge in [-0.15, -0.1) is 11.8 Å². The van der Waals surface area contributed by atoms with E-state index in [4.69, 9.17) is 4.74 Å². The summed E-state index contributed by atoms with van der Waals surface area (Å²) in [6.45, 7) is 1.27. The third kappa shape index (κ3) is 5.62. The lowest BCUT2D eigenvalue weighted by atomic mass is 10.2. The molecule has 142 valence electrons. The highest BCUT2D eigenvalue weighted by Gasteiger charge is 2.20. The SMILES string of the molecule is CSc1ccc(/C=C/C(=O)O[C@@H](C)C(=O)Nc2ccc(F)c(F)c2F)cc1. The van der Waals surface area contributed by atoms with Gasteiger partial charge in [-0.3, -0.25) is 4.79 Å². The molecule has 0 saturated carbocycles. The van der Waals surface area contributed by atoms with E-state index in [0.29, 0.717) is 6.07 Å². The Morgan fingerprint density at radius 2 is 1.74 bits per heavy atom. The predicted molar refractivity (Wildman–Crippen MR) is 97.8 cm³/mol. The van der Waals surface area contributed by atoms with Crippen molar-refractivity contribution in [3.63, 3.8) is 0 Å². The fourth-order valence-corrected chi connectivity index (χ4v) is 2.41. The van der Waals surface area contributed by atoms with Gasteiger partial charge in [-0.25, -0.2) is 18.0 Å². The molecule has 1 atom stereocenters. The van der Waals surface area contributed by atoms with Crippen molar-refractivity contribution in [3.8, 4) is 0 Å². The zero-order valence-electron chi connectivity index (χ0n) is 14.5. The quantitative estimate of drug-likeness (QED) is 0.341. The minimum absolute atomic E-state index is 0.550. The van der Waals surface area contributed by atoms with Gasteiger partial charge in [0.2, 0.25) is 0 Å². The first-order valence-corrected chi connectivity index (χ1v) is 9.01. The summed E-state index contributed by atoms with van der Waals surface area (Å²) in [6.07, 6.45) is 3.34. The molecule has 2 aromatic rings. The number of hydrogen-bond donors (Lipinski definition) is 1. The number of carbonyl (C=O) groups excluding carboxylic acids is 2. The van der Waals surface area contributed by atoms with Crippen LogP contribution in [0.2, 0.25) is 0 Å². The first-order chi connectivity index (χ1) is 12.8. The molecule has 0 aliphatic rings. The zero-order chi connectivity index (χ0) is 20.0. The molecule has 1 N–H and O–H groups in total. The van der Waals surface area contributed by atoms with Crippen LogP contribution in [0.15, 0.2) is 47.4 Å². The van der Waals surface area contributed by atoms with Crippen LogP contribution >= 0.6 is 11.8 Å². The molecule has 8 heteroatoms. The Morgan fingerprint density at radius 1 is 1.07 bits per heavy atom. The van der Waals surface area contributed by atoms with Crippen molar-refractivity contribution in [2.75, 3.05) is 11.6 Å². The van der Waals surface area contributed by atoms with E-state index in [1.54, 1.807) is 11.8 Å². The lowest BCUT2D eigenvalue weighted by Gasteiger charge is -2.13. The highest BCUT2D eigenvalue weighted by Crippen LogP contribution is 2.20. The Kier molecular flexibility index (Phi) is 7.06. The smallest absolute Gasteiger partial charge is 0.331 e. The molecule has 0 unspecified atom stereocenters. The minimum Gasteiger partial charge on any atom is -0.449 e. The molecule has 1 amide bonds. The molecule has 27 heavy (non-hydrogen) atoms. The van der Waals surface area contributed by atoms with Gasteiger partial charge in [-0.1, -0.05) is 12.1 Å². The molecule has 0 aromatic heterocycles. The van der Waals surface area contributed by atoms with Crippen LogP contribution in [0.25, 0.3) is 6.08 Å². The predicted octanol–water partition coefficient (Wildman–Crippen LogP) is 4.41. The molecule has 0 spiro atoms.